The minimum atomic E-state index is -0.347. The lowest BCUT2D eigenvalue weighted by atomic mass is 9.80. The van der Waals surface area contributed by atoms with Crippen LogP contribution in [0.15, 0.2) is 11.6 Å². The van der Waals surface area contributed by atoms with Crippen molar-refractivity contribution in [1.29, 1.82) is 0 Å². The zero-order chi connectivity index (χ0) is 10.0. The van der Waals surface area contributed by atoms with Gasteiger partial charge in [0.1, 0.15) is 29.1 Å². The Hall–Kier alpha value is 0.390. The average molecular weight is 296 g/mol. The Morgan fingerprint density at radius 2 is 2.23 bits per heavy atom. The number of rotatable bonds is 2. The smallest absolute Gasteiger partial charge is 0.110 e. The van der Waals surface area contributed by atoms with E-state index < -0.39 is 0 Å². The van der Waals surface area contributed by atoms with Gasteiger partial charge in [0.05, 0.1) is 6.10 Å². The summed E-state index contributed by atoms with van der Waals surface area (Å²) in [5.74, 6) is 0.716. The van der Waals surface area contributed by atoms with E-state index in [9.17, 15) is 5.11 Å². The zero-order valence-corrected chi connectivity index (χ0v) is 10.5. The summed E-state index contributed by atoms with van der Waals surface area (Å²) >= 11 is 1.88. The minimum absolute atomic E-state index is 0.0296. The quantitative estimate of drug-likeness (QED) is 0.627. The van der Waals surface area contributed by atoms with Crippen molar-refractivity contribution in [2.45, 2.75) is 39.4 Å². The monoisotopic (exact) mass is 296 g/mol. The highest BCUT2D eigenvalue weighted by molar-refractivity contribution is 14.1. The Morgan fingerprint density at radius 3 is 2.69 bits per heavy atom. The summed E-state index contributed by atoms with van der Waals surface area (Å²) in [4.78, 5) is 0. The number of aliphatic hydroxyl groups excluding tert-OH is 1. The minimum Gasteiger partial charge on any atom is -0.390 e. The third-order valence-electron chi connectivity index (χ3n) is 2.66. The Morgan fingerprint density at radius 1 is 1.62 bits per heavy atom. The van der Waals surface area contributed by atoms with Gasteiger partial charge in [0.25, 0.3) is 0 Å². The first-order valence-corrected chi connectivity index (χ1v) is 5.57. The van der Waals surface area contributed by atoms with Crippen LogP contribution < -0.4 is 0 Å². The predicted molar refractivity (Wildman–Crippen MR) is 61.6 cm³/mol. The van der Waals surface area contributed by atoms with E-state index in [-0.39, 0.29) is 18.1 Å². The molecule has 0 saturated heterocycles. The van der Waals surface area contributed by atoms with Gasteiger partial charge >= 0.3 is 0 Å². The van der Waals surface area contributed by atoms with Crippen LogP contribution in [0.1, 0.15) is 27.2 Å². The molecule has 0 aromatic heterocycles. The van der Waals surface area contributed by atoms with Crippen LogP contribution in [0.2, 0.25) is 0 Å². The summed E-state index contributed by atoms with van der Waals surface area (Å²) in [5, 5.41) is 9.94. The van der Waals surface area contributed by atoms with E-state index in [2.05, 4.69) is 26.8 Å². The van der Waals surface area contributed by atoms with Crippen molar-refractivity contribution in [1.82, 2.24) is 0 Å². The van der Waals surface area contributed by atoms with E-state index in [1.807, 2.05) is 23.0 Å². The molecule has 0 saturated carbocycles. The molecule has 0 aromatic carbocycles. The molecule has 0 fully saturated rings. The van der Waals surface area contributed by atoms with E-state index in [1.54, 1.807) is 0 Å². The van der Waals surface area contributed by atoms with Gasteiger partial charge in [-0.15, -0.1) is 0 Å². The molecule has 1 N–H and O–H groups in total. The third-order valence-corrected chi connectivity index (χ3v) is 3.31. The molecule has 1 rings (SSSR count). The first-order valence-electron chi connectivity index (χ1n) is 4.69. The molecule has 0 bridgehead atoms. The normalized spacial score (nSPS) is 34.9. The van der Waals surface area contributed by atoms with Crippen molar-refractivity contribution in [3.05, 3.63) is 11.6 Å². The second-order valence-corrected chi connectivity index (χ2v) is 4.67. The summed E-state index contributed by atoms with van der Waals surface area (Å²) in [6.45, 7) is 6.37. The number of hydrogen-bond donors (Lipinski definition) is 1. The molecule has 0 aromatic rings. The molecular weight excluding hydrogens is 279 g/mol. The summed E-state index contributed by atoms with van der Waals surface area (Å²) in [6.07, 6.45) is 2.66. The number of hydrogen-bond acceptors (Lipinski definition) is 2. The molecule has 0 heterocycles. The second kappa shape index (κ2) is 4.75. The Kier molecular flexibility index (Phi) is 4.19. The fraction of sp³-hybridized carbons (Fsp3) is 0.800. The molecule has 3 unspecified atom stereocenters. The van der Waals surface area contributed by atoms with Gasteiger partial charge in [-0.05, 0) is 19.3 Å². The van der Waals surface area contributed by atoms with Gasteiger partial charge in [-0.25, -0.2) is 0 Å². The lowest BCUT2D eigenvalue weighted by Gasteiger charge is -2.33. The van der Waals surface area contributed by atoms with Crippen molar-refractivity contribution in [2.75, 3.05) is 0 Å². The molecule has 0 radical (unpaired) electrons. The fourth-order valence-electron chi connectivity index (χ4n) is 1.85. The van der Waals surface area contributed by atoms with Crippen LogP contribution in [0.3, 0.4) is 0 Å². The molecule has 3 atom stereocenters. The van der Waals surface area contributed by atoms with Crippen LogP contribution in [0.25, 0.3) is 0 Å². The van der Waals surface area contributed by atoms with Gasteiger partial charge < -0.3 is 8.17 Å². The molecule has 76 valence electrons. The van der Waals surface area contributed by atoms with Gasteiger partial charge in [0.2, 0.25) is 0 Å². The lowest BCUT2D eigenvalue weighted by Crippen LogP contribution is -2.38. The lowest BCUT2D eigenvalue weighted by molar-refractivity contribution is 0.0109. The molecule has 0 aliphatic heterocycles. The van der Waals surface area contributed by atoms with E-state index in [0.717, 1.165) is 6.42 Å². The van der Waals surface area contributed by atoms with Crippen LogP contribution in [0.4, 0.5) is 0 Å². The first kappa shape index (κ1) is 11.5. The van der Waals surface area contributed by atoms with Gasteiger partial charge in [0.15, 0.2) is 0 Å². The van der Waals surface area contributed by atoms with Gasteiger partial charge in [-0.3, -0.25) is 0 Å². The summed E-state index contributed by atoms with van der Waals surface area (Å²) in [5.41, 5.74) is 1.32. The van der Waals surface area contributed by atoms with Crippen LogP contribution in [-0.2, 0) is 3.07 Å². The highest BCUT2D eigenvalue weighted by Gasteiger charge is 2.32. The average Bonchev–Trinajstić information content (AvgIpc) is 2.08. The molecule has 1 aliphatic carbocycles. The molecule has 0 amide bonds. The van der Waals surface area contributed by atoms with Crippen LogP contribution in [-0.4, -0.2) is 17.3 Å². The summed E-state index contributed by atoms with van der Waals surface area (Å²) in [7, 11) is 0. The van der Waals surface area contributed by atoms with Crippen molar-refractivity contribution in [2.24, 2.45) is 11.8 Å². The Labute approximate surface area is 94.0 Å². The number of halogens is 1. The standard InChI is InChI=1S/C10H17IO2/c1-6(2)8-4-7(3)5-9(13-11)10(8)12/h4,6,8-10,12H,5H2,1-3H3. The van der Waals surface area contributed by atoms with E-state index >= 15 is 0 Å². The van der Waals surface area contributed by atoms with Crippen LogP contribution in [0, 0.1) is 11.8 Å². The van der Waals surface area contributed by atoms with Crippen molar-refractivity contribution in [3.63, 3.8) is 0 Å². The largest absolute Gasteiger partial charge is 0.390 e. The topological polar surface area (TPSA) is 29.5 Å². The molecular formula is C10H17IO2. The summed E-state index contributed by atoms with van der Waals surface area (Å²) < 4.78 is 5.23. The maximum Gasteiger partial charge on any atom is 0.110 e. The van der Waals surface area contributed by atoms with E-state index in [4.69, 9.17) is 3.07 Å². The highest BCUT2D eigenvalue weighted by atomic mass is 127. The van der Waals surface area contributed by atoms with Crippen LogP contribution in [0.5, 0.6) is 0 Å². The van der Waals surface area contributed by atoms with Gasteiger partial charge in [-0.1, -0.05) is 25.5 Å². The van der Waals surface area contributed by atoms with Crippen molar-refractivity contribution in [3.8, 4) is 0 Å². The predicted octanol–water partition coefficient (Wildman–Crippen LogP) is 2.70. The second-order valence-electron chi connectivity index (χ2n) is 4.16. The molecule has 2 nitrogen and oxygen atoms in total. The molecule has 1 aliphatic rings. The third kappa shape index (κ3) is 2.67. The van der Waals surface area contributed by atoms with Crippen molar-refractivity contribution >= 4 is 23.0 Å². The van der Waals surface area contributed by atoms with Gasteiger partial charge in [-0.2, -0.15) is 0 Å². The van der Waals surface area contributed by atoms with Crippen LogP contribution >= 0.6 is 23.0 Å². The molecule has 3 heteroatoms. The van der Waals surface area contributed by atoms with Gasteiger partial charge in [0, 0.05) is 5.92 Å². The van der Waals surface area contributed by atoms with Crippen molar-refractivity contribution < 1.29 is 8.17 Å². The van der Waals surface area contributed by atoms with E-state index in [0.29, 0.717) is 5.92 Å². The van der Waals surface area contributed by atoms with E-state index in [1.165, 1.54) is 5.57 Å². The highest BCUT2D eigenvalue weighted by Crippen LogP contribution is 2.31. The zero-order valence-electron chi connectivity index (χ0n) is 8.33. The SMILES string of the molecule is CC1=CC(C(C)C)C(O)C(OI)C1. The molecule has 13 heavy (non-hydrogen) atoms. The number of aliphatic hydroxyl groups is 1. The Bertz CT molecular complexity index is 201. The first-order chi connectivity index (χ1) is 6.06. The maximum absolute atomic E-state index is 9.94. The Balaban J connectivity index is 2.78. The summed E-state index contributed by atoms with van der Waals surface area (Å²) in [6, 6.07) is 0. The molecule has 0 spiro atoms. The fourth-order valence-corrected chi connectivity index (χ4v) is 2.33. The maximum atomic E-state index is 9.94.